The van der Waals surface area contributed by atoms with E-state index in [9.17, 15) is 14.4 Å². The maximum absolute atomic E-state index is 11.4. The van der Waals surface area contributed by atoms with E-state index in [1.807, 2.05) is 0 Å². The van der Waals surface area contributed by atoms with Gasteiger partial charge in [0, 0.05) is 25.8 Å². The second-order valence-corrected chi connectivity index (χ2v) is 3.60. The van der Waals surface area contributed by atoms with Gasteiger partial charge in [0.25, 0.3) is 0 Å². The van der Waals surface area contributed by atoms with Gasteiger partial charge in [0.1, 0.15) is 5.78 Å². The lowest BCUT2D eigenvalue weighted by Gasteiger charge is -2.17. The van der Waals surface area contributed by atoms with Crippen LogP contribution in [0.25, 0.3) is 0 Å². The molecule has 0 radical (unpaired) electrons. The van der Waals surface area contributed by atoms with Gasteiger partial charge in [-0.15, -0.1) is 0 Å². The molecule has 4 nitrogen and oxygen atoms in total. The summed E-state index contributed by atoms with van der Waals surface area (Å²) in [5, 5.41) is 0. The first kappa shape index (κ1) is 10.9. The minimum atomic E-state index is -0.131. The zero-order chi connectivity index (χ0) is 10.6. The molecule has 0 N–H and O–H groups in total. The molecule has 0 bridgehead atoms. The number of Topliss-reactive ketones (excluding diaryl/α,β-unsaturated/α-hetero) is 1. The number of carbonyl (C=O) groups is 3. The van der Waals surface area contributed by atoms with Gasteiger partial charge in [-0.2, -0.15) is 0 Å². The Kier molecular flexibility index (Phi) is 3.80. The normalized spacial score (nSPS) is 18.2. The van der Waals surface area contributed by atoms with Crippen molar-refractivity contribution in [2.24, 2.45) is 0 Å². The van der Waals surface area contributed by atoms with Crippen molar-refractivity contribution in [2.45, 2.75) is 39.0 Å². The number of carbonyl (C=O) groups excluding carboxylic acids is 3. The summed E-state index contributed by atoms with van der Waals surface area (Å²) in [4.78, 5) is 34.8. The van der Waals surface area contributed by atoms with Gasteiger partial charge in [0.05, 0.1) is 0 Å². The molecule has 78 valence electrons. The third kappa shape index (κ3) is 2.94. The van der Waals surface area contributed by atoms with Crippen LogP contribution >= 0.6 is 0 Å². The molecule has 1 rings (SSSR count). The van der Waals surface area contributed by atoms with Gasteiger partial charge < -0.3 is 0 Å². The first-order valence-electron chi connectivity index (χ1n) is 4.94. The Morgan fingerprint density at radius 1 is 1.21 bits per heavy atom. The van der Waals surface area contributed by atoms with Crippen LogP contribution in [0.1, 0.15) is 39.0 Å². The lowest BCUT2D eigenvalue weighted by molar-refractivity contribution is -0.143. The lowest BCUT2D eigenvalue weighted by atomic mass is 10.2. The van der Waals surface area contributed by atoms with E-state index in [4.69, 9.17) is 0 Å². The highest BCUT2D eigenvalue weighted by atomic mass is 16.2. The van der Waals surface area contributed by atoms with Crippen molar-refractivity contribution in [3.8, 4) is 0 Å². The smallest absolute Gasteiger partial charge is 0.229 e. The summed E-state index contributed by atoms with van der Waals surface area (Å²) in [5.41, 5.74) is 0. The molecule has 0 aromatic heterocycles. The molecular weight excluding hydrogens is 182 g/mol. The highest BCUT2D eigenvalue weighted by molar-refractivity contribution is 5.96. The van der Waals surface area contributed by atoms with Gasteiger partial charge in [-0.3, -0.25) is 19.3 Å². The third-order valence-corrected chi connectivity index (χ3v) is 2.32. The predicted octanol–water partition coefficient (Wildman–Crippen LogP) is 0.895. The minimum absolute atomic E-state index is 0.00912. The quantitative estimate of drug-likeness (QED) is 0.631. The van der Waals surface area contributed by atoms with E-state index in [0.717, 1.165) is 12.8 Å². The number of hydrogen-bond donors (Lipinski definition) is 0. The van der Waals surface area contributed by atoms with Crippen LogP contribution in [0.15, 0.2) is 0 Å². The van der Waals surface area contributed by atoms with Crippen LogP contribution in [0.3, 0.4) is 0 Å². The number of hydrogen-bond acceptors (Lipinski definition) is 3. The zero-order valence-electron chi connectivity index (χ0n) is 8.41. The second-order valence-electron chi connectivity index (χ2n) is 3.60. The van der Waals surface area contributed by atoms with E-state index in [1.165, 1.54) is 11.8 Å². The summed E-state index contributed by atoms with van der Waals surface area (Å²) in [6.07, 6.45) is 2.70. The van der Waals surface area contributed by atoms with Crippen LogP contribution in [-0.4, -0.2) is 29.0 Å². The lowest BCUT2D eigenvalue weighted by Crippen LogP contribution is -2.36. The van der Waals surface area contributed by atoms with Crippen molar-refractivity contribution in [1.82, 2.24) is 4.90 Å². The number of amides is 2. The topological polar surface area (TPSA) is 54.5 Å². The number of ketones is 1. The Hall–Kier alpha value is -1.19. The molecule has 1 aliphatic rings. The summed E-state index contributed by atoms with van der Waals surface area (Å²) >= 11 is 0. The van der Waals surface area contributed by atoms with Crippen molar-refractivity contribution in [2.75, 3.05) is 6.54 Å². The Morgan fingerprint density at radius 3 is 2.14 bits per heavy atom. The Labute approximate surface area is 83.3 Å². The van der Waals surface area contributed by atoms with E-state index in [2.05, 4.69) is 0 Å². The van der Waals surface area contributed by atoms with Gasteiger partial charge in [0.15, 0.2) is 0 Å². The molecule has 2 amide bonds. The van der Waals surface area contributed by atoms with E-state index < -0.39 is 0 Å². The summed E-state index contributed by atoms with van der Waals surface area (Å²) in [6, 6.07) is 0. The highest BCUT2D eigenvalue weighted by Crippen LogP contribution is 2.12. The fraction of sp³-hybridized carbons (Fsp3) is 0.700. The van der Waals surface area contributed by atoms with Gasteiger partial charge in [-0.05, 0) is 19.8 Å². The average molecular weight is 197 g/mol. The van der Waals surface area contributed by atoms with Crippen LogP contribution in [0, 0.1) is 0 Å². The standard InChI is InChI=1S/C10H15NO3/c1-8(12)6-7-11-9(13)4-2-3-5-10(11)14/h2-7H2,1H3. The fourth-order valence-electron chi connectivity index (χ4n) is 1.48. The van der Waals surface area contributed by atoms with Crippen molar-refractivity contribution < 1.29 is 14.4 Å². The first-order chi connectivity index (χ1) is 6.61. The van der Waals surface area contributed by atoms with E-state index in [0.29, 0.717) is 12.8 Å². The Bertz CT molecular complexity index is 242. The summed E-state index contributed by atoms with van der Waals surface area (Å²) in [5.74, 6) is -0.252. The van der Waals surface area contributed by atoms with Crippen LogP contribution in [0.4, 0.5) is 0 Å². The SMILES string of the molecule is CC(=O)CCN1C(=O)CCCCC1=O. The Balaban J connectivity index is 2.56. The third-order valence-electron chi connectivity index (χ3n) is 2.32. The number of likely N-dealkylation sites (tertiary alicyclic amines) is 1. The monoisotopic (exact) mass is 197 g/mol. The molecular formula is C10H15NO3. The maximum Gasteiger partial charge on any atom is 0.229 e. The van der Waals surface area contributed by atoms with E-state index in [1.54, 1.807) is 0 Å². The van der Waals surface area contributed by atoms with E-state index in [-0.39, 0.29) is 30.6 Å². The summed E-state index contributed by atoms with van der Waals surface area (Å²) in [7, 11) is 0. The highest BCUT2D eigenvalue weighted by Gasteiger charge is 2.23. The van der Waals surface area contributed by atoms with Gasteiger partial charge in [-0.25, -0.2) is 0 Å². The van der Waals surface area contributed by atoms with Crippen LogP contribution in [-0.2, 0) is 14.4 Å². The maximum atomic E-state index is 11.4. The molecule has 0 aromatic carbocycles. The van der Waals surface area contributed by atoms with Gasteiger partial charge >= 0.3 is 0 Å². The van der Waals surface area contributed by atoms with Crippen LogP contribution in [0.2, 0.25) is 0 Å². The molecule has 14 heavy (non-hydrogen) atoms. The van der Waals surface area contributed by atoms with Crippen molar-refractivity contribution in [1.29, 1.82) is 0 Å². The Morgan fingerprint density at radius 2 is 1.71 bits per heavy atom. The average Bonchev–Trinajstić information content (AvgIpc) is 2.25. The molecule has 0 aromatic rings. The van der Waals surface area contributed by atoms with Crippen molar-refractivity contribution in [3.05, 3.63) is 0 Å². The predicted molar refractivity (Wildman–Crippen MR) is 50.5 cm³/mol. The number of nitrogens with zero attached hydrogens (tertiary/aromatic N) is 1. The minimum Gasteiger partial charge on any atom is -0.300 e. The zero-order valence-corrected chi connectivity index (χ0v) is 8.41. The molecule has 1 fully saturated rings. The molecule has 1 heterocycles. The van der Waals surface area contributed by atoms with E-state index >= 15 is 0 Å². The van der Waals surface area contributed by atoms with Crippen molar-refractivity contribution in [3.63, 3.8) is 0 Å². The number of imide groups is 1. The second kappa shape index (κ2) is 4.88. The molecule has 0 atom stereocenters. The molecule has 1 saturated heterocycles. The van der Waals surface area contributed by atoms with Gasteiger partial charge in [0.2, 0.25) is 11.8 Å². The molecule has 4 heteroatoms. The molecule has 1 aliphatic heterocycles. The number of rotatable bonds is 3. The first-order valence-corrected chi connectivity index (χ1v) is 4.94. The summed E-state index contributed by atoms with van der Waals surface area (Å²) in [6.45, 7) is 1.72. The molecule has 0 saturated carbocycles. The summed E-state index contributed by atoms with van der Waals surface area (Å²) < 4.78 is 0. The fourth-order valence-corrected chi connectivity index (χ4v) is 1.48. The van der Waals surface area contributed by atoms with Gasteiger partial charge in [-0.1, -0.05) is 0 Å². The largest absolute Gasteiger partial charge is 0.300 e. The van der Waals surface area contributed by atoms with Crippen LogP contribution < -0.4 is 0 Å². The van der Waals surface area contributed by atoms with Crippen molar-refractivity contribution >= 4 is 17.6 Å². The van der Waals surface area contributed by atoms with Crippen LogP contribution in [0.5, 0.6) is 0 Å². The molecule has 0 unspecified atom stereocenters. The molecule has 0 aliphatic carbocycles. The molecule has 0 spiro atoms.